The van der Waals surface area contributed by atoms with Crippen molar-refractivity contribution in [2.24, 2.45) is 0 Å². The minimum Gasteiger partial charge on any atom is -0.449 e. The number of amides is 1. The van der Waals surface area contributed by atoms with Gasteiger partial charge in [-0.3, -0.25) is 14.2 Å². The van der Waals surface area contributed by atoms with Gasteiger partial charge in [0.05, 0.1) is 16.5 Å². The number of nitrogens with zero attached hydrogens (tertiary/aromatic N) is 2. The molecule has 0 spiro atoms. The van der Waals surface area contributed by atoms with E-state index >= 15 is 0 Å². The standard InChI is InChI=1S/C27H31N3O4/c1-16-13-17(2)24(18(3)14-16)29-25(31)19(4)34-27(33)20-10-11-21-22(15-20)28-23-9-7-5-6-8-12-30(23)26(21)32/h10-11,13-15,19H,5-9,12H2,1-4H3,(H,29,31). The number of carbonyl (C=O) groups excluding carboxylic acids is 2. The van der Waals surface area contributed by atoms with Crippen LogP contribution >= 0.6 is 0 Å². The van der Waals surface area contributed by atoms with E-state index in [1.54, 1.807) is 29.7 Å². The average molecular weight is 462 g/mol. The van der Waals surface area contributed by atoms with Crippen LogP contribution in [0.3, 0.4) is 0 Å². The molecule has 178 valence electrons. The summed E-state index contributed by atoms with van der Waals surface area (Å²) in [5.41, 5.74) is 4.41. The number of anilines is 1. The second kappa shape index (κ2) is 9.79. The largest absolute Gasteiger partial charge is 0.449 e. The third-order valence-corrected chi connectivity index (χ3v) is 6.38. The molecular weight excluding hydrogens is 430 g/mol. The van der Waals surface area contributed by atoms with E-state index < -0.39 is 18.0 Å². The minimum absolute atomic E-state index is 0.0709. The van der Waals surface area contributed by atoms with E-state index in [2.05, 4.69) is 5.32 Å². The maximum atomic E-state index is 13.0. The fourth-order valence-corrected chi connectivity index (χ4v) is 4.61. The molecule has 0 radical (unpaired) electrons. The fraction of sp³-hybridized carbons (Fsp3) is 0.407. The maximum Gasteiger partial charge on any atom is 0.338 e. The molecule has 7 heteroatoms. The van der Waals surface area contributed by atoms with Crippen molar-refractivity contribution in [2.45, 2.75) is 72.4 Å². The Hall–Kier alpha value is -3.48. The number of hydrogen-bond donors (Lipinski definition) is 1. The van der Waals surface area contributed by atoms with Gasteiger partial charge in [0.2, 0.25) is 0 Å². The van der Waals surface area contributed by atoms with Gasteiger partial charge in [-0.15, -0.1) is 0 Å². The molecule has 2 aromatic carbocycles. The van der Waals surface area contributed by atoms with E-state index in [1.165, 1.54) is 0 Å². The molecule has 0 bridgehead atoms. The summed E-state index contributed by atoms with van der Waals surface area (Å²) >= 11 is 0. The lowest BCUT2D eigenvalue weighted by Crippen LogP contribution is -2.30. The number of benzene rings is 2. The van der Waals surface area contributed by atoms with Crippen LogP contribution in [0.5, 0.6) is 0 Å². The molecule has 1 aromatic heterocycles. The molecule has 1 unspecified atom stereocenters. The minimum atomic E-state index is -0.988. The monoisotopic (exact) mass is 461 g/mol. The van der Waals surface area contributed by atoms with Gasteiger partial charge in [0.25, 0.3) is 11.5 Å². The highest BCUT2D eigenvalue weighted by atomic mass is 16.5. The highest BCUT2D eigenvalue weighted by molar-refractivity contribution is 5.99. The first-order chi connectivity index (χ1) is 16.2. The number of hydrogen-bond acceptors (Lipinski definition) is 5. The molecule has 1 aliphatic rings. The first-order valence-electron chi connectivity index (χ1n) is 11.9. The SMILES string of the molecule is Cc1cc(C)c(NC(=O)C(C)OC(=O)c2ccc3c(=O)n4c(nc3c2)CCCCCC4)c(C)c1. The molecule has 0 aliphatic carbocycles. The molecule has 1 atom stereocenters. The molecule has 1 amide bonds. The normalized spacial score (nSPS) is 14.6. The Labute approximate surface area is 199 Å². The Morgan fingerprint density at radius 3 is 2.47 bits per heavy atom. The van der Waals surface area contributed by atoms with Crippen LogP contribution in [0, 0.1) is 20.8 Å². The van der Waals surface area contributed by atoms with Gasteiger partial charge in [0, 0.05) is 18.7 Å². The van der Waals surface area contributed by atoms with Crippen LogP contribution in [0.4, 0.5) is 5.69 Å². The van der Waals surface area contributed by atoms with Crippen LogP contribution in [0.2, 0.25) is 0 Å². The number of esters is 1. The summed E-state index contributed by atoms with van der Waals surface area (Å²) in [6.07, 6.45) is 3.95. The molecule has 2 heterocycles. The Balaban J connectivity index is 1.53. The van der Waals surface area contributed by atoms with Gasteiger partial charge in [-0.25, -0.2) is 9.78 Å². The van der Waals surface area contributed by atoms with Crippen molar-refractivity contribution in [2.75, 3.05) is 5.32 Å². The number of aryl methyl sites for hydroxylation is 4. The lowest BCUT2D eigenvalue weighted by Gasteiger charge is -2.17. The number of aromatic nitrogens is 2. The van der Waals surface area contributed by atoms with Crippen molar-refractivity contribution in [3.05, 3.63) is 68.8 Å². The molecule has 0 saturated carbocycles. The summed E-state index contributed by atoms with van der Waals surface area (Å²) in [4.78, 5) is 43.2. The van der Waals surface area contributed by atoms with Crippen molar-refractivity contribution in [3.8, 4) is 0 Å². The quantitative estimate of drug-likeness (QED) is 0.573. The average Bonchev–Trinajstić information content (AvgIpc) is 2.77. The van der Waals surface area contributed by atoms with Gasteiger partial charge >= 0.3 is 5.97 Å². The summed E-state index contributed by atoms with van der Waals surface area (Å²) < 4.78 is 7.20. The third kappa shape index (κ3) is 4.88. The topological polar surface area (TPSA) is 90.3 Å². The Kier molecular flexibility index (Phi) is 6.82. The highest BCUT2D eigenvalue weighted by Gasteiger charge is 2.21. The van der Waals surface area contributed by atoms with Crippen LogP contribution in [0.1, 0.15) is 65.5 Å². The lowest BCUT2D eigenvalue weighted by molar-refractivity contribution is -0.123. The van der Waals surface area contributed by atoms with Crippen molar-refractivity contribution >= 4 is 28.5 Å². The predicted octanol–water partition coefficient (Wildman–Crippen LogP) is 4.62. The van der Waals surface area contributed by atoms with Crippen LogP contribution in [0.15, 0.2) is 35.1 Å². The van der Waals surface area contributed by atoms with Gasteiger partial charge in [-0.2, -0.15) is 0 Å². The second-order valence-corrected chi connectivity index (χ2v) is 9.19. The molecule has 34 heavy (non-hydrogen) atoms. The van der Waals surface area contributed by atoms with E-state index in [4.69, 9.17) is 9.72 Å². The van der Waals surface area contributed by atoms with Gasteiger partial charge < -0.3 is 10.1 Å². The Morgan fingerprint density at radius 2 is 1.74 bits per heavy atom. The number of nitrogens with one attached hydrogen (secondary N) is 1. The second-order valence-electron chi connectivity index (χ2n) is 9.19. The van der Waals surface area contributed by atoms with E-state index in [9.17, 15) is 14.4 Å². The zero-order valence-electron chi connectivity index (χ0n) is 20.2. The highest BCUT2D eigenvalue weighted by Crippen LogP contribution is 2.23. The molecular formula is C27H31N3O4. The summed E-state index contributed by atoms with van der Waals surface area (Å²) in [5.74, 6) is -0.267. The molecule has 1 N–H and O–H groups in total. The molecule has 7 nitrogen and oxygen atoms in total. The van der Waals surface area contributed by atoms with Crippen molar-refractivity contribution in [1.29, 1.82) is 0 Å². The number of fused-ring (bicyclic) bond motifs is 2. The van der Waals surface area contributed by atoms with Gasteiger partial charge in [0.15, 0.2) is 6.10 Å². The molecule has 0 saturated heterocycles. The first-order valence-corrected chi connectivity index (χ1v) is 11.9. The van der Waals surface area contributed by atoms with E-state index in [1.807, 2.05) is 32.9 Å². The molecule has 3 aromatic rings. The van der Waals surface area contributed by atoms with Gasteiger partial charge in [-0.05, 0) is 69.9 Å². The summed E-state index contributed by atoms with van der Waals surface area (Å²) in [7, 11) is 0. The number of ether oxygens (including phenoxy) is 1. The number of carbonyl (C=O) groups is 2. The zero-order chi connectivity index (χ0) is 24.4. The van der Waals surface area contributed by atoms with Gasteiger partial charge in [-0.1, -0.05) is 30.5 Å². The summed E-state index contributed by atoms with van der Waals surface area (Å²) in [6.45, 7) is 8.08. The predicted molar refractivity (Wildman–Crippen MR) is 132 cm³/mol. The van der Waals surface area contributed by atoms with E-state index in [-0.39, 0.29) is 11.1 Å². The molecule has 0 fully saturated rings. The van der Waals surface area contributed by atoms with Gasteiger partial charge in [0.1, 0.15) is 5.82 Å². The van der Waals surface area contributed by atoms with Crippen LogP contribution in [-0.4, -0.2) is 27.5 Å². The Bertz CT molecular complexity index is 1300. The zero-order valence-corrected chi connectivity index (χ0v) is 20.2. The molecule has 1 aliphatic heterocycles. The number of rotatable bonds is 4. The third-order valence-electron chi connectivity index (χ3n) is 6.38. The van der Waals surface area contributed by atoms with Crippen LogP contribution < -0.4 is 10.9 Å². The van der Waals surface area contributed by atoms with Crippen LogP contribution in [0.25, 0.3) is 10.9 Å². The fourth-order valence-electron chi connectivity index (χ4n) is 4.61. The Morgan fingerprint density at radius 1 is 1.03 bits per heavy atom. The maximum absolute atomic E-state index is 13.0. The molecule has 4 rings (SSSR count). The lowest BCUT2D eigenvalue weighted by atomic mass is 10.0. The first kappa shape index (κ1) is 23.7. The van der Waals surface area contributed by atoms with Crippen molar-refractivity contribution in [3.63, 3.8) is 0 Å². The van der Waals surface area contributed by atoms with E-state index in [0.29, 0.717) is 17.4 Å². The summed E-state index contributed by atoms with van der Waals surface area (Å²) in [6, 6.07) is 8.75. The summed E-state index contributed by atoms with van der Waals surface area (Å²) in [5, 5.41) is 3.36. The van der Waals surface area contributed by atoms with Crippen LogP contribution in [-0.2, 0) is 22.5 Å². The smallest absolute Gasteiger partial charge is 0.338 e. The van der Waals surface area contributed by atoms with Crippen molar-refractivity contribution in [1.82, 2.24) is 9.55 Å². The van der Waals surface area contributed by atoms with Crippen molar-refractivity contribution < 1.29 is 14.3 Å². The van der Waals surface area contributed by atoms with E-state index in [0.717, 1.165) is 60.3 Å².